The van der Waals surface area contributed by atoms with Crippen LogP contribution in [0, 0.1) is 0 Å². The molecule has 1 aliphatic rings. The van der Waals surface area contributed by atoms with Gasteiger partial charge < -0.3 is 15.6 Å². The zero-order valence-electron chi connectivity index (χ0n) is 7.94. The molecule has 2 N–H and O–H groups in total. The Morgan fingerprint density at radius 2 is 2.31 bits per heavy atom. The van der Waals surface area contributed by atoms with Crippen LogP contribution in [0.1, 0.15) is 20.3 Å². The smallest absolute Gasteiger partial charge is 0.336 e. The van der Waals surface area contributed by atoms with Crippen LogP contribution in [0.25, 0.3) is 0 Å². The van der Waals surface area contributed by atoms with E-state index in [9.17, 15) is 4.79 Å². The molecular formula is C9H14N2O2. The highest BCUT2D eigenvalue weighted by molar-refractivity contribution is 5.89. The summed E-state index contributed by atoms with van der Waals surface area (Å²) in [5.74, 6) is -0.268. The molecule has 0 aromatic carbocycles. The molecule has 0 aromatic heterocycles. The minimum Gasteiger partial charge on any atom is -0.463 e. The van der Waals surface area contributed by atoms with Crippen LogP contribution in [0.4, 0.5) is 0 Å². The molecule has 0 spiro atoms. The Balaban J connectivity index is 2.75. The number of carbonyl (C=O) groups is 1. The maximum atomic E-state index is 11.4. The number of hydrogen-bond donors (Lipinski definition) is 2. The summed E-state index contributed by atoms with van der Waals surface area (Å²) in [6.07, 6.45) is 0.525. The zero-order valence-corrected chi connectivity index (χ0v) is 7.94. The van der Waals surface area contributed by atoms with E-state index in [4.69, 9.17) is 4.74 Å². The van der Waals surface area contributed by atoms with Crippen LogP contribution in [-0.2, 0) is 9.53 Å². The van der Waals surface area contributed by atoms with Crippen molar-refractivity contribution in [3.8, 4) is 0 Å². The Labute approximate surface area is 77.6 Å². The molecule has 0 fully saturated rings. The van der Waals surface area contributed by atoms with Crippen LogP contribution in [0.15, 0.2) is 23.5 Å². The molecule has 1 aliphatic heterocycles. The zero-order chi connectivity index (χ0) is 9.84. The molecule has 0 aromatic rings. The standard InChI is InChI=1S/C9H14N2O2/c1-4-13-9(12)8-5-6(2)10-11-7(8)3/h10-11H,2,4-5H2,1,3H3. The van der Waals surface area contributed by atoms with Gasteiger partial charge in [-0.2, -0.15) is 0 Å². The van der Waals surface area contributed by atoms with Crippen molar-refractivity contribution >= 4 is 5.97 Å². The highest BCUT2D eigenvalue weighted by Crippen LogP contribution is 2.16. The number of hydrazine groups is 1. The maximum Gasteiger partial charge on any atom is 0.336 e. The normalized spacial score (nSPS) is 16.3. The van der Waals surface area contributed by atoms with E-state index in [2.05, 4.69) is 17.4 Å². The number of esters is 1. The molecule has 0 aliphatic carbocycles. The fraction of sp³-hybridized carbons (Fsp3) is 0.444. The van der Waals surface area contributed by atoms with E-state index in [1.807, 2.05) is 6.92 Å². The minimum absolute atomic E-state index is 0.268. The van der Waals surface area contributed by atoms with Crippen molar-refractivity contribution in [1.29, 1.82) is 0 Å². The van der Waals surface area contributed by atoms with Gasteiger partial charge in [-0.3, -0.25) is 0 Å². The Morgan fingerprint density at radius 3 is 2.92 bits per heavy atom. The molecule has 0 bridgehead atoms. The van der Waals surface area contributed by atoms with E-state index < -0.39 is 0 Å². The van der Waals surface area contributed by atoms with Crippen LogP contribution >= 0.6 is 0 Å². The molecule has 0 atom stereocenters. The highest BCUT2D eigenvalue weighted by Gasteiger charge is 2.18. The van der Waals surface area contributed by atoms with Crippen LogP contribution < -0.4 is 10.9 Å². The summed E-state index contributed by atoms with van der Waals surface area (Å²) in [5.41, 5.74) is 7.91. The van der Waals surface area contributed by atoms with Crippen molar-refractivity contribution in [3.05, 3.63) is 23.5 Å². The highest BCUT2D eigenvalue weighted by atomic mass is 16.5. The quantitative estimate of drug-likeness (QED) is 0.621. The van der Waals surface area contributed by atoms with Crippen LogP contribution in [-0.4, -0.2) is 12.6 Å². The van der Waals surface area contributed by atoms with E-state index in [0.29, 0.717) is 18.6 Å². The molecule has 1 heterocycles. The van der Waals surface area contributed by atoms with Crippen molar-refractivity contribution in [1.82, 2.24) is 10.9 Å². The van der Waals surface area contributed by atoms with Gasteiger partial charge in [0.05, 0.1) is 12.2 Å². The van der Waals surface area contributed by atoms with E-state index >= 15 is 0 Å². The summed E-state index contributed by atoms with van der Waals surface area (Å²) in [5, 5.41) is 0. The van der Waals surface area contributed by atoms with Crippen molar-refractivity contribution < 1.29 is 9.53 Å². The van der Waals surface area contributed by atoms with Gasteiger partial charge in [-0.15, -0.1) is 0 Å². The number of hydrogen-bond acceptors (Lipinski definition) is 4. The first-order valence-corrected chi connectivity index (χ1v) is 4.21. The second-order valence-corrected chi connectivity index (χ2v) is 2.85. The predicted octanol–water partition coefficient (Wildman–Crippen LogP) is 0.835. The van der Waals surface area contributed by atoms with Gasteiger partial charge in [0, 0.05) is 17.8 Å². The lowest BCUT2D eigenvalue weighted by Crippen LogP contribution is -2.35. The molecule has 4 heteroatoms. The van der Waals surface area contributed by atoms with Crippen LogP contribution in [0.5, 0.6) is 0 Å². The molecule has 4 nitrogen and oxygen atoms in total. The summed E-state index contributed by atoms with van der Waals surface area (Å²) in [6, 6.07) is 0. The van der Waals surface area contributed by atoms with Crippen molar-refractivity contribution in [3.63, 3.8) is 0 Å². The van der Waals surface area contributed by atoms with Gasteiger partial charge in [-0.25, -0.2) is 4.79 Å². The number of ether oxygens (including phenoxy) is 1. The third-order valence-electron chi connectivity index (χ3n) is 1.79. The van der Waals surface area contributed by atoms with Gasteiger partial charge >= 0.3 is 5.97 Å². The second-order valence-electron chi connectivity index (χ2n) is 2.85. The lowest BCUT2D eigenvalue weighted by molar-refractivity contribution is -0.138. The molecule has 0 unspecified atom stereocenters. The van der Waals surface area contributed by atoms with Crippen LogP contribution in [0.3, 0.4) is 0 Å². The molecule has 0 amide bonds. The average molecular weight is 182 g/mol. The first-order valence-electron chi connectivity index (χ1n) is 4.21. The van der Waals surface area contributed by atoms with Gasteiger partial charge in [-0.1, -0.05) is 6.58 Å². The number of rotatable bonds is 2. The first-order chi connectivity index (χ1) is 6.15. The molecule has 0 radical (unpaired) electrons. The van der Waals surface area contributed by atoms with Gasteiger partial charge in [0.25, 0.3) is 0 Å². The molecule has 1 rings (SSSR count). The van der Waals surface area contributed by atoms with Gasteiger partial charge in [0.2, 0.25) is 0 Å². The molecule has 0 saturated heterocycles. The molecule has 0 saturated carbocycles. The number of nitrogens with one attached hydrogen (secondary N) is 2. The summed E-state index contributed by atoms with van der Waals surface area (Å²) in [7, 11) is 0. The topological polar surface area (TPSA) is 50.4 Å². The minimum atomic E-state index is -0.268. The lowest BCUT2D eigenvalue weighted by Gasteiger charge is -2.21. The monoisotopic (exact) mass is 182 g/mol. The lowest BCUT2D eigenvalue weighted by atomic mass is 10.1. The molecule has 72 valence electrons. The van der Waals surface area contributed by atoms with Gasteiger partial charge in [0.1, 0.15) is 0 Å². The first kappa shape index (κ1) is 9.64. The van der Waals surface area contributed by atoms with Gasteiger partial charge in [0.15, 0.2) is 0 Å². The van der Waals surface area contributed by atoms with E-state index in [-0.39, 0.29) is 5.97 Å². The Bertz CT molecular complexity index is 269. The van der Waals surface area contributed by atoms with Crippen molar-refractivity contribution in [2.45, 2.75) is 20.3 Å². The molecular weight excluding hydrogens is 168 g/mol. The fourth-order valence-corrected chi connectivity index (χ4v) is 1.09. The Morgan fingerprint density at radius 1 is 1.62 bits per heavy atom. The Hall–Kier alpha value is -1.45. The predicted molar refractivity (Wildman–Crippen MR) is 49.4 cm³/mol. The fourth-order valence-electron chi connectivity index (χ4n) is 1.09. The number of allylic oxidation sites excluding steroid dienone is 2. The molecule has 13 heavy (non-hydrogen) atoms. The SMILES string of the molecule is C=C1CC(C(=O)OCC)=C(C)NN1. The van der Waals surface area contributed by atoms with Crippen LogP contribution in [0.2, 0.25) is 0 Å². The maximum absolute atomic E-state index is 11.4. The van der Waals surface area contributed by atoms with E-state index in [1.54, 1.807) is 6.92 Å². The third-order valence-corrected chi connectivity index (χ3v) is 1.79. The summed E-state index contributed by atoms with van der Waals surface area (Å²) in [4.78, 5) is 11.4. The van der Waals surface area contributed by atoms with Gasteiger partial charge in [-0.05, 0) is 13.8 Å². The summed E-state index contributed by atoms with van der Waals surface area (Å²) >= 11 is 0. The second kappa shape index (κ2) is 3.98. The summed E-state index contributed by atoms with van der Waals surface area (Å²) in [6.45, 7) is 7.74. The number of carbonyl (C=O) groups excluding carboxylic acids is 1. The largest absolute Gasteiger partial charge is 0.463 e. The summed E-state index contributed by atoms with van der Waals surface area (Å²) < 4.78 is 4.89. The van der Waals surface area contributed by atoms with E-state index in [0.717, 1.165) is 11.4 Å². The van der Waals surface area contributed by atoms with Crippen molar-refractivity contribution in [2.75, 3.05) is 6.61 Å². The Kier molecular flexibility index (Phi) is 2.95. The third kappa shape index (κ3) is 2.24. The average Bonchev–Trinajstić information content (AvgIpc) is 2.09. The van der Waals surface area contributed by atoms with Crippen molar-refractivity contribution in [2.24, 2.45) is 0 Å². The van der Waals surface area contributed by atoms with E-state index in [1.165, 1.54) is 0 Å².